The van der Waals surface area contributed by atoms with Gasteiger partial charge in [0.1, 0.15) is 5.82 Å². The Labute approximate surface area is 111 Å². The number of nitrogens with zero attached hydrogens (tertiary/aromatic N) is 2. The molecule has 1 aromatic carbocycles. The predicted octanol–water partition coefficient (Wildman–Crippen LogP) is 2.72. The Morgan fingerprint density at radius 3 is 2.78 bits per heavy atom. The number of aromatic nitrogens is 2. The minimum absolute atomic E-state index is 0.114. The molecule has 3 nitrogen and oxygen atoms in total. The van der Waals surface area contributed by atoms with Gasteiger partial charge in [0.25, 0.3) is 0 Å². The molecule has 1 N–H and O–H groups in total. The number of nitrogens with one attached hydrogen (secondary N) is 1. The van der Waals surface area contributed by atoms with Crippen LogP contribution in [-0.4, -0.2) is 16.8 Å². The van der Waals surface area contributed by atoms with Crippen molar-refractivity contribution in [1.29, 1.82) is 0 Å². The van der Waals surface area contributed by atoms with E-state index < -0.39 is 0 Å². The lowest BCUT2D eigenvalue weighted by molar-refractivity contribution is 0.527. The van der Waals surface area contributed by atoms with Gasteiger partial charge in [-0.15, -0.1) is 0 Å². The Bertz CT molecular complexity index is 539. The molecular formula is C13H15ClFN3. The Morgan fingerprint density at radius 2 is 2.22 bits per heavy atom. The molecule has 96 valence electrons. The Hall–Kier alpha value is -1.39. The number of halogens is 2. The summed E-state index contributed by atoms with van der Waals surface area (Å²) in [6.45, 7) is 0. The molecule has 1 atom stereocenters. The monoisotopic (exact) mass is 267 g/mol. The van der Waals surface area contributed by atoms with Gasteiger partial charge in [0.2, 0.25) is 0 Å². The highest BCUT2D eigenvalue weighted by molar-refractivity contribution is 6.30. The zero-order valence-corrected chi connectivity index (χ0v) is 11.1. The summed E-state index contributed by atoms with van der Waals surface area (Å²) in [5.41, 5.74) is 1.53. The van der Waals surface area contributed by atoms with E-state index in [1.807, 2.05) is 26.4 Å². The molecule has 5 heteroatoms. The molecule has 1 unspecified atom stereocenters. The predicted molar refractivity (Wildman–Crippen MR) is 70.1 cm³/mol. The first-order valence-corrected chi connectivity index (χ1v) is 6.08. The van der Waals surface area contributed by atoms with Crippen LogP contribution in [0.2, 0.25) is 5.02 Å². The molecule has 18 heavy (non-hydrogen) atoms. The van der Waals surface area contributed by atoms with Crippen LogP contribution in [-0.2, 0) is 13.5 Å². The highest BCUT2D eigenvalue weighted by Gasteiger charge is 2.16. The standard InChI is InChI=1S/C13H15ClFN3/c1-16-13(8-10-5-6-18(2)17-10)11-4-3-9(14)7-12(11)15/h3-7,13,16H,8H2,1-2H3. The molecule has 0 radical (unpaired) electrons. The minimum atomic E-state index is -0.294. The summed E-state index contributed by atoms with van der Waals surface area (Å²) in [6, 6.07) is 6.56. The molecule has 2 rings (SSSR count). The lowest BCUT2D eigenvalue weighted by Gasteiger charge is -2.16. The average molecular weight is 268 g/mol. The molecule has 0 amide bonds. The van der Waals surface area contributed by atoms with E-state index in [-0.39, 0.29) is 11.9 Å². The summed E-state index contributed by atoms with van der Waals surface area (Å²) in [4.78, 5) is 0. The van der Waals surface area contributed by atoms with E-state index in [4.69, 9.17) is 11.6 Å². The van der Waals surface area contributed by atoms with E-state index in [9.17, 15) is 4.39 Å². The zero-order valence-electron chi connectivity index (χ0n) is 10.3. The highest BCUT2D eigenvalue weighted by Crippen LogP contribution is 2.23. The number of benzene rings is 1. The van der Waals surface area contributed by atoms with E-state index in [2.05, 4.69) is 10.4 Å². The Kier molecular flexibility index (Phi) is 3.99. The third-order valence-electron chi connectivity index (χ3n) is 2.87. The second kappa shape index (κ2) is 5.50. The largest absolute Gasteiger partial charge is 0.313 e. The van der Waals surface area contributed by atoms with Gasteiger partial charge in [0.05, 0.1) is 5.69 Å². The summed E-state index contributed by atoms with van der Waals surface area (Å²) in [6.07, 6.45) is 2.51. The molecule has 2 aromatic rings. The fourth-order valence-corrected chi connectivity index (χ4v) is 2.09. The molecule has 0 spiro atoms. The van der Waals surface area contributed by atoms with Gasteiger partial charge in [0, 0.05) is 36.3 Å². The van der Waals surface area contributed by atoms with Crippen LogP contribution in [0.1, 0.15) is 17.3 Å². The summed E-state index contributed by atoms with van der Waals surface area (Å²) in [5, 5.41) is 7.81. The maximum Gasteiger partial charge on any atom is 0.129 e. The van der Waals surface area contributed by atoms with Crippen molar-refractivity contribution in [2.45, 2.75) is 12.5 Å². The van der Waals surface area contributed by atoms with Crippen LogP contribution >= 0.6 is 11.6 Å². The van der Waals surface area contributed by atoms with Gasteiger partial charge < -0.3 is 5.32 Å². The van der Waals surface area contributed by atoms with Gasteiger partial charge in [-0.3, -0.25) is 4.68 Å². The topological polar surface area (TPSA) is 29.9 Å². The first-order chi connectivity index (χ1) is 8.60. The van der Waals surface area contributed by atoms with Gasteiger partial charge in [-0.1, -0.05) is 17.7 Å². The smallest absolute Gasteiger partial charge is 0.129 e. The van der Waals surface area contributed by atoms with Crippen molar-refractivity contribution in [3.05, 3.63) is 52.6 Å². The number of hydrogen-bond acceptors (Lipinski definition) is 2. The Balaban J connectivity index is 2.22. The van der Waals surface area contributed by atoms with Crippen LogP contribution in [0.25, 0.3) is 0 Å². The Morgan fingerprint density at radius 1 is 1.44 bits per heavy atom. The molecule has 0 aliphatic carbocycles. The molecule has 0 saturated carbocycles. The molecule has 1 aromatic heterocycles. The average Bonchev–Trinajstić information content (AvgIpc) is 2.72. The quantitative estimate of drug-likeness (QED) is 0.923. The number of aryl methyl sites for hydroxylation is 1. The van der Waals surface area contributed by atoms with Crippen molar-refractivity contribution in [2.75, 3.05) is 7.05 Å². The van der Waals surface area contributed by atoms with Crippen LogP contribution in [0.4, 0.5) is 4.39 Å². The lowest BCUT2D eigenvalue weighted by Crippen LogP contribution is -2.20. The molecule has 0 fully saturated rings. The van der Waals surface area contributed by atoms with Gasteiger partial charge >= 0.3 is 0 Å². The first-order valence-electron chi connectivity index (χ1n) is 5.71. The fourth-order valence-electron chi connectivity index (χ4n) is 1.93. The summed E-state index contributed by atoms with van der Waals surface area (Å²) in [5.74, 6) is -0.294. The molecule has 0 bridgehead atoms. The van der Waals surface area contributed by atoms with Crippen LogP contribution in [0.5, 0.6) is 0 Å². The van der Waals surface area contributed by atoms with E-state index in [0.29, 0.717) is 17.0 Å². The SMILES string of the molecule is CNC(Cc1ccn(C)n1)c1ccc(Cl)cc1F. The van der Waals surface area contributed by atoms with Crippen LogP contribution < -0.4 is 5.32 Å². The van der Waals surface area contributed by atoms with Gasteiger partial charge in [0.15, 0.2) is 0 Å². The molecule has 0 saturated heterocycles. The summed E-state index contributed by atoms with van der Waals surface area (Å²) >= 11 is 5.75. The molecule has 0 aliphatic heterocycles. The molecule has 1 heterocycles. The van der Waals surface area contributed by atoms with E-state index in [1.54, 1.807) is 16.8 Å². The third kappa shape index (κ3) is 2.89. The van der Waals surface area contributed by atoms with E-state index in [0.717, 1.165) is 5.69 Å². The zero-order chi connectivity index (χ0) is 13.1. The normalized spacial score (nSPS) is 12.7. The van der Waals surface area contributed by atoms with Crippen molar-refractivity contribution in [1.82, 2.24) is 15.1 Å². The molecular weight excluding hydrogens is 253 g/mol. The van der Waals surface area contributed by atoms with Crippen LogP contribution in [0.3, 0.4) is 0 Å². The number of hydrogen-bond donors (Lipinski definition) is 1. The van der Waals surface area contributed by atoms with E-state index in [1.165, 1.54) is 6.07 Å². The number of rotatable bonds is 4. The summed E-state index contributed by atoms with van der Waals surface area (Å²) < 4.78 is 15.6. The van der Waals surface area contributed by atoms with Gasteiger partial charge in [-0.25, -0.2) is 4.39 Å². The third-order valence-corrected chi connectivity index (χ3v) is 3.10. The molecule has 0 aliphatic rings. The highest BCUT2D eigenvalue weighted by atomic mass is 35.5. The first kappa shape index (κ1) is 13.1. The second-order valence-corrected chi connectivity index (χ2v) is 4.63. The van der Waals surface area contributed by atoms with Crippen molar-refractivity contribution in [2.24, 2.45) is 7.05 Å². The second-order valence-electron chi connectivity index (χ2n) is 4.19. The lowest BCUT2D eigenvalue weighted by atomic mass is 10.0. The fraction of sp³-hybridized carbons (Fsp3) is 0.308. The van der Waals surface area contributed by atoms with E-state index >= 15 is 0 Å². The minimum Gasteiger partial charge on any atom is -0.313 e. The van der Waals surface area contributed by atoms with Crippen LogP contribution in [0, 0.1) is 5.82 Å². The van der Waals surface area contributed by atoms with Crippen LogP contribution in [0.15, 0.2) is 30.5 Å². The van der Waals surface area contributed by atoms with Gasteiger partial charge in [-0.2, -0.15) is 5.10 Å². The summed E-state index contributed by atoms with van der Waals surface area (Å²) in [7, 11) is 3.67. The van der Waals surface area contributed by atoms with Gasteiger partial charge in [-0.05, 0) is 25.2 Å². The van der Waals surface area contributed by atoms with Crippen molar-refractivity contribution < 1.29 is 4.39 Å². The maximum absolute atomic E-state index is 13.8. The van der Waals surface area contributed by atoms with Crippen molar-refractivity contribution >= 4 is 11.6 Å². The van der Waals surface area contributed by atoms with Crippen molar-refractivity contribution in [3.8, 4) is 0 Å². The van der Waals surface area contributed by atoms with Crippen molar-refractivity contribution in [3.63, 3.8) is 0 Å². The maximum atomic E-state index is 13.8. The number of likely N-dealkylation sites (N-methyl/N-ethyl adjacent to an activating group) is 1.